The Balaban J connectivity index is 1.88. The van der Waals surface area contributed by atoms with Crippen LogP contribution in [0.25, 0.3) is 10.4 Å². The van der Waals surface area contributed by atoms with Gasteiger partial charge in [-0.1, -0.05) is 12.1 Å². The number of aromatic nitrogens is 3. The molecule has 1 amide bonds. The van der Waals surface area contributed by atoms with Gasteiger partial charge in [-0.3, -0.25) is 9.89 Å². The zero-order chi connectivity index (χ0) is 21.7. The summed E-state index contributed by atoms with van der Waals surface area (Å²) in [5.74, 6) is -2.11. The number of nitrogens with zero attached hydrogens (tertiary/aromatic N) is 5. The number of hydrogen-bond donors (Lipinski definition) is 2. The third kappa shape index (κ3) is 5.02. The van der Waals surface area contributed by atoms with E-state index >= 15 is 0 Å². The maximum absolute atomic E-state index is 14.2. The van der Waals surface area contributed by atoms with Crippen molar-refractivity contribution >= 4 is 11.6 Å². The van der Waals surface area contributed by atoms with Crippen LogP contribution >= 0.6 is 0 Å². The summed E-state index contributed by atoms with van der Waals surface area (Å²) < 4.78 is 55.1. The van der Waals surface area contributed by atoms with Crippen LogP contribution in [0.1, 0.15) is 27.8 Å². The highest BCUT2D eigenvalue weighted by molar-refractivity contribution is 5.95. The Morgan fingerprint density at radius 2 is 1.97 bits per heavy atom. The average molecular weight is 421 g/mol. The predicted octanol–water partition coefficient (Wildman–Crippen LogP) is 4.49. The number of azide groups is 1. The topological polar surface area (TPSA) is 129 Å². The molecule has 1 heterocycles. The summed E-state index contributed by atoms with van der Waals surface area (Å²) in [4.78, 5) is 17.9. The van der Waals surface area contributed by atoms with Gasteiger partial charge in [0, 0.05) is 10.6 Å². The molecule has 0 saturated carbocycles. The van der Waals surface area contributed by atoms with Crippen LogP contribution in [0.15, 0.2) is 53.9 Å². The van der Waals surface area contributed by atoms with E-state index in [-0.39, 0.29) is 5.69 Å². The molecule has 0 radical (unpaired) electrons. The van der Waals surface area contributed by atoms with Crippen LogP contribution in [0.2, 0.25) is 0 Å². The highest BCUT2D eigenvalue weighted by Gasteiger charge is 2.31. The van der Waals surface area contributed by atoms with Crippen LogP contribution in [0.5, 0.6) is 5.75 Å². The van der Waals surface area contributed by atoms with Crippen LogP contribution in [0.4, 0.5) is 23.2 Å². The van der Waals surface area contributed by atoms with E-state index in [4.69, 9.17) is 5.53 Å². The van der Waals surface area contributed by atoms with E-state index in [0.29, 0.717) is 11.4 Å². The van der Waals surface area contributed by atoms with E-state index in [1.807, 2.05) is 0 Å². The minimum atomic E-state index is -4.82. The SMILES string of the molecule is [N-]=[N+]=NC(=O)c1ccc(NC(c2ccc(OC(F)(F)F)cc2)c2ncn[nH]2)cc1F. The first kappa shape index (κ1) is 20.6. The molecule has 0 spiro atoms. The predicted molar refractivity (Wildman–Crippen MR) is 94.8 cm³/mol. The van der Waals surface area contributed by atoms with E-state index in [1.165, 1.54) is 24.5 Å². The summed E-state index contributed by atoms with van der Waals surface area (Å²) in [5, 5.41) is 12.2. The molecule has 0 aliphatic heterocycles. The molecule has 0 saturated heterocycles. The third-order valence-corrected chi connectivity index (χ3v) is 3.80. The second kappa shape index (κ2) is 8.49. The quantitative estimate of drug-likeness (QED) is 0.262. The van der Waals surface area contributed by atoms with Crippen molar-refractivity contribution in [3.05, 3.63) is 82.0 Å². The fourth-order valence-electron chi connectivity index (χ4n) is 2.57. The first-order valence-electron chi connectivity index (χ1n) is 8.13. The summed E-state index contributed by atoms with van der Waals surface area (Å²) >= 11 is 0. The smallest absolute Gasteiger partial charge is 0.406 e. The minimum absolute atomic E-state index is 0.224. The van der Waals surface area contributed by atoms with Crippen molar-refractivity contribution in [1.29, 1.82) is 0 Å². The monoisotopic (exact) mass is 421 g/mol. The van der Waals surface area contributed by atoms with Gasteiger partial charge in [0.05, 0.1) is 5.56 Å². The van der Waals surface area contributed by atoms with E-state index in [0.717, 1.165) is 24.3 Å². The Labute approximate surface area is 165 Å². The molecule has 0 fully saturated rings. The van der Waals surface area contributed by atoms with Gasteiger partial charge in [-0.2, -0.15) is 5.10 Å². The van der Waals surface area contributed by atoms with Crippen LogP contribution < -0.4 is 10.1 Å². The van der Waals surface area contributed by atoms with E-state index in [9.17, 15) is 22.4 Å². The number of carbonyl (C=O) groups is 1. The van der Waals surface area contributed by atoms with Gasteiger partial charge in [0.2, 0.25) is 0 Å². The van der Waals surface area contributed by atoms with Crippen molar-refractivity contribution in [3.63, 3.8) is 0 Å². The zero-order valence-electron chi connectivity index (χ0n) is 14.8. The lowest BCUT2D eigenvalue weighted by Gasteiger charge is -2.19. The number of nitrogens with one attached hydrogen (secondary N) is 2. The molecule has 1 aromatic heterocycles. The van der Waals surface area contributed by atoms with Gasteiger partial charge in [-0.15, -0.1) is 13.2 Å². The Morgan fingerprint density at radius 1 is 1.23 bits per heavy atom. The number of rotatable bonds is 6. The van der Waals surface area contributed by atoms with Gasteiger partial charge < -0.3 is 10.1 Å². The number of carbonyl (C=O) groups excluding carboxylic acids is 1. The second-order valence-corrected chi connectivity index (χ2v) is 5.75. The van der Waals surface area contributed by atoms with Crippen molar-refractivity contribution in [2.45, 2.75) is 12.4 Å². The fourth-order valence-corrected chi connectivity index (χ4v) is 2.57. The fraction of sp³-hybridized carbons (Fsp3) is 0.118. The molecule has 3 rings (SSSR count). The van der Waals surface area contributed by atoms with Crippen LogP contribution in [0.3, 0.4) is 0 Å². The molecule has 1 unspecified atom stereocenters. The van der Waals surface area contributed by atoms with Gasteiger partial charge in [-0.25, -0.2) is 9.37 Å². The largest absolute Gasteiger partial charge is 0.573 e. The highest BCUT2D eigenvalue weighted by atomic mass is 19.4. The molecule has 1 atom stereocenters. The van der Waals surface area contributed by atoms with Crippen molar-refractivity contribution < 1.29 is 27.1 Å². The number of hydrogen-bond acceptors (Lipinski definition) is 5. The standard InChI is InChI=1S/C17H11F4N7O2/c18-13-7-10(3-6-12(13)16(29)27-28-22)25-14(15-23-8-24-26-15)9-1-4-11(5-2-9)30-17(19,20)21/h1-8,14,25H,(H,23,24,26). The van der Waals surface area contributed by atoms with E-state index in [2.05, 4.69) is 35.3 Å². The van der Waals surface area contributed by atoms with E-state index in [1.54, 1.807) is 0 Å². The van der Waals surface area contributed by atoms with Crippen LogP contribution in [-0.4, -0.2) is 27.5 Å². The summed E-state index contributed by atoms with van der Waals surface area (Å²) in [6.45, 7) is 0. The Bertz CT molecular complexity index is 1080. The molecule has 0 aliphatic carbocycles. The third-order valence-electron chi connectivity index (χ3n) is 3.80. The van der Waals surface area contributed by atoms with Gasteiger partial charge >= 0.3 is 6.36 Å². The first-order chi connectivity index (χ1) is 14.3. The van der Waals surface area contributed by atoms with Gasteiger partial charge in [0.1, 0.15) is 23.9 Å². The maximum Gasteiger partial charge on any atom is 0.573 e. The molecule has 3 aromatic rings. The number of anilines is 1. The summed E-state index contributed by atoms with van der Waals surface area (Å²) in [6, 6.07) is 7.75. The molecular weight excluding hydrogens is 410 g/mol. The lowest BCUT2D eigenvalue weighted by atomic mass is 10.1. The lowest BCUT2D eigenvalue weighted by Crippen LogP contribution is -2.17. The minimum Gasteiger partial charge on any atom is -0.406 e. The van der Waals surface area contributed by atoms with Gasteiger partial charge in [0.15, 0.2) is 5.82 Å². The van der Waals surface area contributed by atoms with Crippen LogP contribution in [0, 0.1) is 5.82 Å². The number of ether oxygens (including phenoxy) is 1. The average Bonchev–Trinajstić information content (AvgIpc) is 3.20. The molecule has 9 nitrogen and oxygen atoms in total. The number of H-pyrrole nitrogens is 1. The highest BCUT2D eigenvalue weighted by Crippen LogP contribution is 2.29. The van der Waals surface area contributed by atoms with Crippen molar-refractivity contribution in [2.24, 2.45) is 5.11 Å². The number of benzene rings is 2. The number of aromatic amines is 1. The number of halogens is 4. The molecule has 154 valence electrons. The normalized spacial score (nSPS) is 12.0. The van der Waals surface area contributed by atoms with Gasteiger partial charge in [0.25, 0.3) is 5.91 Å². The Kier molecular flexibility index (Phi) is 5.83. The first-order valence-corrected chi connectivity index (χ1v) is 8.13. The lowest BCUT2D eigenvalue weighted by molar-refractivity contribution is -0.274. The van der Waals surface area contributed by atoms with Gasteiger partial charge in [-0.05, 0) is 46.5 Å². The molecule has 0 aliphatic rings. The zero-order valence-corrected chi connectivity index (χ0v) is 14.8. The van der Waals surface area contributed by atoms with E-state index < -0.39 is 35.4 Å². The Hall–Kier alpha value is -4.12. The summed E-state index contributed by atoms with van der Waals surface area (Å²) in [6.07, 6.45) is -3.59. The molecule has 2 N–H and O–H groups in total. The molecule has 0 bridgehead atoms. The van der Waals surface area contributed by atoms with Crippen LogP contribution in [-0.2, 0) is 0 Å². The maximum atomic E-state index is 14.2. The van der Waals surface area contributed by atoms with Crippen molar-refractivity contribution in [2.75, 3.05) is 5.32 Å². The number of alkyl halides is 3. The van der Waals surface area contributed by atoms with Crippen molar-refractivity contribution in [1.82, 2.24) is 15.2 Å². The second-order valence-electron chi connectivity index (χ2n) is 5.75. The molecular formula is C17H11F4N7O2. The number of amides is 1. The molecule has 30 heavy (non-hydrogen) atoms. The summed E-state index contributed by atoms with van der Waals surface area (Å²) in [7, 11) is 0. The summed E-state index contributed by atoms with van der Waals surface area (Å²) in [5.41, 5.74) is 8.57. The Morgan fingerprint density at radius 3 is 2.53 bits per heavy atom. The molecule has 2 aromatic carbocycles. The van der Waals surface area contributed by atoms with Crippen molar-refractivity contribution in [3.8, 4) is 5.75 Å². The molecule has 13 heteroatoms.